The van der Waals surface area contributed by atoms with Crippen molar-refractivity contribution in [2.75, 3.05) is 0 Å². The van der Waals surface area contributed by atoms with E-state index in [2.05, 4.69) is 33.4 Å². The van der Waals surface area contributed by atoms with Crippen molar-refractivity contribution in [3.05, 3.63) is 12.7 Å². The van der Waals surface area contributed by atoms with Crippen molar-refractivity contribution in [2.24, 2.45) is 11.8 Å². The second-order valence-corrected chi connectivity index (χ2v) is 10.8. The van der Waals surface area contributed by atoms with Gasteiger partial charge in [-0.3, -0.25) is 0 Å². The van der Waals surface area contributed by atoms with E-state index in [1.807, 2.05) is 0 Å². The van der Waals surface area contributed by atoms with Crippen molar-refractivity contribution in [3.63, 3.8) is 0 Å². The summed E-state index contributed by atoms with van der Waals surface area (Å²) in [4.78, 5) is 0. The van der Waals surface area contributed by atoms with Crippen LogP contribution >= 0.6 is 0 Å². The first-order valence-electron chi connectivity index (χ1n) is 14.8. The molecule has 0 aliphatic rings. The first-order valence-corrected chi connectivity index (χ1v) is 14.8. The van der Waals surface area contributed by atoms with Crippen LogP contribution in [0.5, 0.6) is 0 Å². The third-order valence-corrected chi connectivity index (χ3v) is 7.31. The van der Waals surface area contributed by atoms with Gasteiger partial charge in [0.25, 0.3) is 0 Å². The van der Waals surface area contributed by atoms with Gasteiger partial charge in [0.05, 0.1) is 0 Å². The molecule has 0 rings (SSSR count). The summed E-state index contributed by atoms with van der Waals surface area (Å²) in [5.74, 6) is 1.66. The standard InChI is InChI=1S/C31H62/c1-5-7-8-9-10-11-12-13-14-15-16-17-18-19-21-25-28-31(4)29-26-23-20-22-24-27-30(3)6-2/h6,30-31H,2,5,7-29H2,1,3-4H3. The van der Waals surface area contributed by atoms with Crippen LogP contribution < -0.4 is 0 Å². The molecule has 0 radical (unpaired) electrons. The molecule has 2 unspecified atom stereocenters. The normalized spacial score (nSPS) is 13.4. The minimum Gasteiger partial charge on any atom is -0.103 e. The van der Waals surface area contributed by atoms with Gasteiger partial charge in [-0.2, -0.15) is 0 Å². The Morgan fingerprint density at radius 2 is 0.742 bits per heavy atom. The molecular formula is C31H62. The van der Waals surface area contributed by atoms with Crippen LogP contribution in [0.2, 0.25) is 0 Å². The highest BCUT2D eigenvalue weighted by atomic mass is 14.1. The van der Waals surface area contributed by atoms with Crippen LogP contribution in [0.25, 0.3) is 0 Å². The van der Waals surface area contributed by atoms with Gasteiger partial charge in [0.15, 0.2) is 0 Å². The molecule has 0 heteroatoms. The molecule has 0 saturated carbocycles. The zero-order chi connectivity index (χ0) is 22.8. The molecule has 0 nitrogen and oxygen atoms in total. The van der Waals surface area contributed by atoms with Crippen LogP contribution in [0.3, 0.4) is 0 Å². The molecule has 0 saturated heterocycles. The average Bonchev–Trinajstić information content (AvgIpc) is 2.77. The molecule has 31 heavy (non-hydrogen) atoms. The summed E-state index contributed by atoms with van der Waals surface area (Å²) in [6.45, 7) is 11.0. The van der Waals surface area contributed by atoms with Gasteiger partial charge in [-0.1, -0.05) is 175 Å². The predicted octanol–water partition coefficient (Wildman–Crippen LogP) is 11.8. The Morgan fingerprint density at radius 3 is 1.06 bits per heavy atom. The Hall–Kier alpha value is -0.260. The van der Waals surface area contributed by atoms with Crippen LogP contribution in [0.4, 0.5) is 0 Å². The van der Waals surface area contributed by atoms with Gasteiger partial charge < -0.3 is 0 Å². The van der Waals surface area contributed by atoms with Gasteiger partial charge in [-0.15, -0.1) is 6.58 Å². The zero-order valence-electron chi connectivity index (χ0n) is 22.4. The van der Waals surface area contributed by atoms with Gasteiger partial charge in [-0.25, -0.2) is 0 Å². The van der Waals surface area contributed by atoms with Crippen LogP contribution in [-0.2, 0) is 0 Å². The van der Waals surface area contributed by atoms with Crippen LogP contribution in [0, 0.1) is 11.8 Å². The van der Waals surface area contributed by atoms with E-state index >= 15 is 0 Å². The summed E-state index contributed by atoms with van der Waals surface area (Å²) in [6, 6.07) is 0. The highest BCUT2D eigenvalue weighted by molar-refractivity contribution is 4.74. The van der Waals surface area contributed by atoms with Crippen molar-refractivity contribution >= 4 is 0 Å². The minimum atomic E-state index is 0.708. The lowest BCUT2D eigenvalue weighted by molar-refractivity contribution is 0.429. The van der Waals surface area contributed by atoms with Gasteiger partial charge in [0, 0.05) is 0 Å². The molecule has 0 N–H and O–H groups in total. The summed E-state index contributed by atoms with van der Waals surface area (Å²) < 4.78 is 0. The maximum Gasteiger partial charge on any atom is -0.0265 e. The Morgan fingerprint density at radius 1 is 0.452 bits per heavy atom. The number of hydrogen-bond donors (Lipinski definition) is 0. The largest absolute Gasteiger partial charge is 0.103 e. The van der Waals surface area contributed by atoms with Crippen molar-refractivity contribution in [2.45, 2.75) is 175 Å². The van der Waals surface area contributed by atoms with Crippen LogP contribution in [0.1, 0.15) is 175 Å². The van der Waals surface area contributed by atoms with E-state index < -0.39 is 0 Å². The summed E-state index contributed by atoms with van der Waals surface area (Å²) in [5.41, 5.74) is 0. The fourth-order valence-electron chi connectivity index (χ4n) is 4.79. The van der Waals surface area contributed by atoms with E-state index in [1.165, 1.54) is 154 Å². The molecule has 2 atom stereocenters. The molecule has 0 aromatic carbocycles. The summed E-state index contributed by atoms with van der Waals surface area (Å²) in [5, 5.41) is 0. The van der Waals surface area contributed by atoms with Crippen LogP contribution in [0.15, 0.2) is 12.7 Å². The molecule has 0 spiro atoms. The first kappa shape index (κ1) is 30.7. The molecule has 186 valence electrons. The highest BCUT2D eigenvalue weighted by Gasteiger charge is 2.03. The molecule has 0 aliphatic carbocycles. The maximum atomic E-state index is 3.88. The predicted molar refractivity (Wildman–Crippen MR) is 145 cm³/mol. The van der Waals surface area contributed by atoms with E-state index in [9.17, 15) is 0 Å². The van der Waals surface area contributed by atoms with E-state index in [-0.39, 0.29) is 0 Å². The summed E-state index contributed by atoms with van der Waals surface area (Å²) >= 11 is 0. The molecule has 0 aromatic heterocycles. The number of rotatable bonds is 26. The Kier molecular flexibility index (Phi) is 25.8. The van der Waals surface area contributed by atoms with Crippen molar-refractivity contribution < 1.29 is 0 Å². The Balaban J connectivity index is 3.15. The summed E-state index contributed by atoms with van der Waals surface area (Å²) in [7, 11) is 0. The molecular weight excluding hydrogens is 372 g/mol. The maximum absolute atomic E-state index is 3.88. The van der Waals surface area contributed by atoms with Gasteiger partial charge in [0.2, 0.25) is 0 Å². The van der Waals surface area contributed by atoms with Gasteiger partial charge in [0.1, 0.15) is 0 Å². The summed E-state index contributed by atoms with van der Waals surface area (Å²) in [6.07, 6.45) is 37.1. The van der Waals surface area contributed by atoms with Crippen molar-refractivity contribution in [3.8, 4) is 0 Å². The number of unbranched alkanes of at least 4 members (excludes halogenated alkanes) is 19. The van der Waals surface area contributed by atoms with E-state index in [4.69, 9.17) is 0 Å². The smallest absolute Gasteiger partial charge is 0.0265 e. The van der Waals surface area contributed by atoms with E-state index in [0.717, 1.165) is 5.92 Å². The molecule has 0 heterocycles. The lowest BCUT2D eigenvalue weighted by Crippen LogP contribution is -1.95. The topological polar surface area (TPSA) is 0 Å². The first-order chi connectivity index (χ1) is 15.2. The third kappa shape index (κ3) is 25.9. The molecule has 0 amide bonds. The zero-order valence-corrected chi connectivity index (χ0v) is 22.4. The van der Waals surface area contributed by atoms with Gasteiger partial charge >= 0.3 is 0 Å². The Bertz CT molecular complexity index is 331. The van der Waals surface area contributed by atoms with Crippen LogP contribution in [-0.4, -0.2) is 0 Å². The fourth-order valence-corrected chi connectivity index (χ4v) is 4.79. The monoisotopic (exact) mass is 434 g/mol. The van der Waals surface area contributed by atoms with E-state index in [0.29, 0.717) is 5.92 Å². The molecule has 0 fully saturated rings. The van der Waals surface area contributed by atoms with Crippen molar-refractivity contribution in [1.29, 1.82) is 0 Å². The fraction of sp³-hybridized carbons (Fsp3) is 0.935. The van der Waals surface area contributed by atoms with E-state index in [1.54, 1.807) is 0 Å². The molecule has 0 aromatic rings. The lowest BCUT2D eigenvalue weighted by Gasteiger charge is -2.11. The molecule has 0 aliphatic heterocycles. The van der Waals surface area contributed by atoms with Gasteiger partial charge in [-0.05, 0) is 18.3 Å². The average molecular weight is 435 g/mol. The highest BCUT2D eigenvalue weighted by Crippen LogP contribution is 2.19. The third-order valence-electron chi connectivity index (χ3n) is 7.31. The molecule has 0 bridgehead atoms. The second-order valence-electron chi connectivity index (χ2n) is 10.8. The quantitative estimate of drug-likeness (QED) is 0.0937. The van der Waals surface area contributed by atoms with Crippen molar-refractivity contribution in [1.82, 2.24) is 0 Å². The number of allylic oxidation sites excluding steroid dienone is 1. The minimum absolute atomic E-state index is 0.708. The lowest BCUT2D eigenvalue weighted by atomic mass is 9.95. The Labute approximate surface area is 199 Å². The number of hydrogen-bond acceptors (Lipinski definition) is 0. The second kappa shape index (κ2) is 26.0. The SMILES string of the molecule is C=CC(C)CCCCCCCC(C)CCCCCCCCCCCCCCCCCC.